The van der Waals surface area contributed by atoms with Gasteiger partial charge in [-0.25, -0.2) is 0 Å². The number of benzene rings is 1. The van der Waals surface area contributed by atoms with Crippen molar-refractivity contribution in [2.24, 2.45) is 4.99 Å². The third kappa shape index (κ3) is 5.52. The Balaban J connectivity index is 1.85. The highest BCUT2D eigenvalue weighted by atomic mass is 16.5. The highest BCUT2D eigenvalue weighted by Gasteiger charge is 2.38. The average molecular weight is 332 g/mol. The van der Waals surface area contributed by atoms with Gasteiger partial charge in [-0.15, -0.1) is 0 Å². The van der Waals surface area contributed by atoms with E-state index in [4.69, 9.17) is 9.73 Å². The lowest BCUT2D eigenvalue weighted by molar-refractivity contribution is 0.143. The number of guanidine groups is 1. The van der Waals surface area contributed by atoms with E-state index in [1.807, 2.05) is 6.92 Å². The molecule has 1 aliphatic rings. The summed E-state index contributed by atoms with van der Waals surface area (Å²) in [6.45, 7) is 8.51. The zero-order chi connectivity index (χ0) is 17.1. The largest absolute Gasteiger partial charge is 0.382 e. The summed E-state index contributed by atoms with van der Waals surface area (Å²) in [5.41, 5.74) is 1.69. The molecule has 0 aliphatic heterocycles. The van der Waals surface area contributed by atoms with Crippen molar-refractivity contribution in [2.45, 2.75) is 51.4 Å². The Kier molecular flexibility index (Phi) is 8.10. The van der Waals surface area contributed by atoms with Crippen LogP contribution in [0, 0.1) is 0 Å². The number of rotatable bonds is 10. The fourth-order valence-corrected chi connectivity index (χ4v) is 3.19. The first-order chi connectivity index (χ1) is 11.8. The summed E-state index contributed by atoms with van der Waals surface area (Å²) >= 11 is 0. The zero-order valence-electron chi connectivity index (χ0n) is 15.3. The number of aliphatic imine (C=N–C) groups is 1. The molecule has 24 heavy (non-hydrogen) atoms. The van der Waals surface area contributed by atoms with Gasteiger partial charge >= 0.3 is 0 Å². The van der Waals surface area contributed by atoms with Crippen LogP contribution in [0.5, 0.6) is 0 Å². The fourth-order valence-electron chi connectivity index (χ4n) is 3.19. The Bertz CT molecular complexity index is 483. The van der Waals surface area contributed by atoms with E-state index < -0.39 is 0 Å². The van der Waals surface area contributed by atoms with Crippen molar-refractivity contribution < 1.29 is 4.74 Å². The Labute approximate surface area is 147 Å². The van der Waals surface area contributed by atoms with Gasteiger partial charge in [-0.3, -0.25) is 4.99 Å². The van der Waals surface area contributed by atoms with Crippen LogP contribution in [-0.2, 0) is 10.2 Å². The smallest absolute Gasteiger partial charge is 0.191 e. The topological polar surface area (TPSA) is 45.7 Å². The normalized spacial score (nSPS) is 16.5. The van der Waals surface area contributed by atoms with Crippen molar-refractivity contribution in [2.75, 3.05) is 32.8 Å². The Morgan fingerprint density at radius 3 is 2.54 bits per heavy atom. The van der Waals surface area contributed by atoms with E-state index >= 15 is 0 Å². The monoisotopic (exact) mass is 331 g/mol. The van der Waals surface area contributed by atoms with Gasteiger partial charge in [-0.05, 0) is 45.1 Å². The van der Waals surface area contributed by atoms with E-state index in [2.05, 4.69) is 47.9 Å². The molecular formula is C20H33N3O. The van der Waals surface area contributed by atoms with E-state index in [0.29, 0.717) is 0 Å². The predicted octanol–water partition coefficient (Wildman–Crippen LogP) is 3.48. The van der Waals surface area contributed by atoms with Gasteiger partial charge in [0.05, 0.1) is 6.54 Å². The Morgan fingerprint density at radius 2 is 1.92 bits per heavy atom. The predicted molar refractivity (Wildman–Crippen MR) is 102 cm³/mol. The van der Waals surface area contributed by atoms with Crippen molar-refractivity contribution >= 4 is 5.96 Å². The van der Waals surface area contributed by atoms with E-state index in [1.54, 1.807) is 0 Å². The molecule has 2 rings (SSSR count). The first-order valence-electron chi connectivity index (χ1n) is 9.46. The minimum absolute atomic E-state index is 0.249. The van der Waals surface area contributed by atoms with Crippen LogP contribution in [0.3, 0.4) is 0 Å². The summed E-state index contributed by atoms with van der Waals surface area (Å²) in [6.07, 6.45) is 6.00. The minimum Gasteiger partial charge on any atom is -0.382 e. The summed E-state index contributed by atoms with van der Waals surface area (Å²) in [5, 5.41) is 6.82. The molecule has 4 nitrogen and oxygen atoms in total. The molecule has 1 aliphatic carbocycles. The standard InChI is InChI=1S/C20H33N3O/c1-3-21-19(22-15-8-9-16-24-4-2)23-17-20(13-10-14-20)18-11-6-5-7-12-18/h5-7,11-12H,3-4,8-10,13-17H2,1-2H3,(H2,21,22,23). The molecule has 0 radical (unpaired) electrons. The van der Waals surface area contributed by atoms with Gasteiger partial charge < -0.3 is 15.4 Å². The molecule has 0 aromatic heterocycles. The van der Waals surface area contributed by atoms with Gasteiger partial charge in [0.25, 0.3) is 0 Å². The molecule has 1 saturated carbocycles. The number of nitrogens with zero attached hydrogens (tertiary/aromatic N) is 1. The summed E-state index contributed by atoms with van der Waals surface area (Å²) < 4.78 is 5.38. The van der Waals surface area contributed by atoms with Crippen molar-refractivity contribution in [3.05, 3.63) is 35.9 Å². The lowest BCUT2D eigenvalue weighted by Crippen LogP contribution is -2.42. The Morgan fingerprint density at radius 1 is 1.12 bits per heavy atom. The quantitative estimate of drug-likeness (QED) is 0.392. The lowest BCUT2D eigenvalue weighted by atomic mass is 9.64. The molecule has 4 heteroatoms. The third-order valence-electron chi connectivity index (χ3n) is 4.79. The number of ether oxygens (including phenoxy) is 1. The van der Waals surface area contributed by atoms with Gasteiger partial charge in [-0.2, -0.15) is 0 Å². The van der Waals surface area contributed by atoms with E-state index in [9.17, 15) is 0 Å². The van der Waals surface area contributed by atoms with Gasteiger partial charge in [0.15, 0.2) is 5.96 Å². The van der Waals surface area contributed by atoms with Gasteiger partial charge in [0, 0.05) is 31.7 Å². The summed E-state index contributed by atoms with van der Waals surface area (Å²) in [4.78, 5) is 4.88. The second-order valence-electron chi connectivity index (χ2n) is 6.53. The highest BCUT2D eigenvalue weighted by Crippen LogP contribution is 2.43. The molecule has 0 heterocycles. The molecule has 0 spiro atoms. The van der Waals surface area contributed by atoms with E-state index in [0.717, 1.165) is 51.6 Å². The SMILES string of the molecule is CCNC(=NCC1(c2ccccc2)CCC1)NCCCCOCC. The third-order valence-corrected chi connectivity index (χ3v) is 4.79. The molecule has 1 aromatic rings. The molecule has 0 atom stereocenters. The van der Waals surface area contributed by atoms with Crippen LogP contribution in [-0.4, -0.2) is 38.8 Å². The molecule has 134 valence electrons. The zero-order valence-corrected chi connectivity index (χ0v) is 15.3. The summed E-state index contributed by atoms with van der Waals surface area (Å²) in [6, 6.07) is 10.9. The molecule has 2 N–H and O–H groups in total. The first kappa shape index (κ1) is 18.8. The highest BCUT2D eigenvalue weighted by molar-refractivity contribution is 5.79. The maximum atomic E-state index is 5.38. The van der Waals surface area contributed by atoms with E-state index in [-0.39, 0.29) is 5.41 Å². The first-order valence-corrected chi connectivity index (χ1v) is 9.46. The summed E-state index contributed by atoms with van der Waals surface area (Å²) in [5.74, 6) is 0.941. The van der Waals surface area contributed by atoms with Crippen LogP contribution in [0.25, 0.3) is 0 Å². The van der Waals surface area contributed by atoms with Crippen molar-refractivity contribution in [3.63, 3.8) is 0 Å². The van der Waals surface area contributed by atoms with Gasteiger partial charge in [-0.1, -0.05) is 36.8 Å². The Hall–Kier alpha value is -1.55. The van der Waals surface area contributed by atoms with Crippen molar-refractivity contribution in [3.8, 4) is 0 Å². The van der Waals surface area contributed by atoms with Crippen LogP contribution < -0.4 is 10.6 Å². The number of hydrogen-bond acceptors (Lipinski definition) is 2. The molecule has 0 saturated heterocycles. The molecule has 0 unspecified atom stereocenters. The second-order valence-corrected chi connectivity index (χ2v) is 6.53. The fraction of sp³-hybridized carbons (Fsp3) is 0.650. The van der Waals surface area contributed by atoms with Gasteiger partial charge in [0.2, 0.25) is 0 Å². The maximum Gasteiger partial charge on any atom is 0.191 e. The van der Waals surface area contributed by atoms with Crippen LogP contribution in [0.2, 0.25) is 0 Å². The summed E-state index contributed by atoms with van der Waals surface area (Å²) in [7, 11) is 0. The van der Waals surface area contributed by atoms with Crippen molar-refractivity contribution in [1.29, 1.82) is 0 Å². The number of hydrogen-bond donors (Lipinski definition) is 2. The van der Waals surface area contributed by atoms with Crippen LogP contribution >= 0.6 is 0 Å². The maximum absolute atomic E-state index is 5.38. The van der Waals surface area contributed by atoms with Crippen molar-refractivity contribution in [1.82, 2.24) is 10.6 Å². The lowest BCUT2D eigenvalue weighted by Gasteiger charge is -2.41. The number of nitrogens with one attached hydrogen (secondary N) is 2. The van der Waals surface area contributed by atoms with Crippen LogP contribution in [0.4, 0.5) is 0 Å². The van der Waals surface area contributed by atoms with Crippen LogP contribution in [0.1, 0.15) is 51.5 Å². The molecule has 0 amide bonds. The number of unbranched alkanes of at least 4 members (excludes halogenated alkanes) is 1. The molecular weight excluding hydrogens is 298 g/mol. The molecule has 0 bridgehead atoms. The van der Waals surface area contributed by atoms with Crippen LogP contribution in [0.15, 0.2) is 35.3 Å². The average Bonchev–Trinajstić information content (AvgIpc) is 2.58. The van der Waals surface area contributed by atoms with Gasteiger partial charge in [0.1, 0.15) is 0 Å². The molecule has 1 fully saturated rings. The minimum atomic E-state index is 0.249. The second kappa shape index (κ2) is 10.3. The van der Waals surface area contributed by atoms with E-state index in [1.165, 1.54) is 24.8 Å². The molecule has 1 aromatic carbocycles.